The molecular weight excluding hydrogens is 317 g/mol. The molecule has 0 aliphatic rings. The molecule has 0 saturated carbocycles. The largest absolute Gasteiger partial charge is 0.377 e. The highest BCUT2D eigenvalue weighted by Crippen LogP contribution is 2.18. The lowest BCUT2D eigenvalue weighted by Crippen LogP contribution is -2.14. The summed E-state index contributed by atoms with van der Waals surface area (Å²) < 4.78 is 13.2. The Bertz CT molecular complexity index is 850. The number of carbonyl (C=O) groups excluding carboxylic acids is 1. The Morgan fingerprint density at radius 2 is 1.80 bits per heavy atom. The molecular formula is C20H18FN3O. The molecule has 0 aliphatic carbocycles. The molecule has 1 aromatic heterocycles. The van der Waals surface area contributed by atoms with E-state index in [1.54, 1.807) is 24.4 Å². The van der Waals surface area contributed by atoms with E-state index in [4.69, 9.17) is 0 Å². The lowest BCUT2D eigenvalue weighted by Gasteiger charge is -2.15. The summed E-state index contributed by atoms with van der Waals surface area (Å²) in [5, 5.41) is 5.96. The Hall–Kier alpha value is -3.21. The number of hydrogen-bond donors (Lipinski definition) is 2. The van der Waals surface area contributed by atoms with Crippen LogP contribution in [0.4, 0.5) is 15.8 Å². The van der Waals surface area contributed by atoms with Crippen LogP contribution in [0, 0.1) is 5.82 Å². The fourth-order valence-electron chi connectivity index (χ4n) is 2.45. The Labute approximate surface area is 145 Å². The molecule has 0 fully saturated rings. The van der Waals surface area contributed by atoms with Crippen molar-refractivity contribution in [2.75, 3.05) is 10.6 Å². The number of pyridine rings is 1. The average molecular weight is 335 g/mol. The van der Waals surface area contributed by atoms with Gasteiger partial charge in [0.05, 0.1) is 11.9 Å². The molecule has 2 N–H and O–H groups in total. The van der Waals surface area contributed by atoms with Crippen LogP contribution in [0.15, 0.2) is 72.9 Å². The van der Waals surface area contributed by atoms with Crippen molar-refractivity contribution in [3.63, 3.8) is 0 Å². The van der Waals surface area contributed by atoms with Gasteiger partial charge in [-0.25, -0.2) is 9.37 Å². The van der Waals surface area contributed by atoms with Gasteiger partial charge in [0, 0.05) is 11.7 Å². The second-order valence-corrected chi connectivity index (χ2v) is 5.67. The molecule has 0 spiro atoms. The molecule has 0 radical (unpaired) electrons. The predicted octanol–water partition coefficient (Wildman–Crippen LogP) is 4.65. The number of anilines is 2. The van der Waals surface area contributed by atoms with E-state index in [0.29, 0.717) is 5.69 Å². The topological polar surface area (TPSA) is 54.0 Å². The fourth-order valence-corrected chi connectivity index (χ4v) is 2.45. The third-order valence-corrected chi connectivity index (χ3v) is 3.76. The van der Waals surface area contributed by atoms with Gasteiger partial charge in [-0.2, -0.15) is 0 Å². The first-order chi connectivity index (χ1) is 12.1. The van der Waals surface area contributed by atoms with Crippen molar-refractivity contribution in [2.45, 2.75) is 13.0 Å². The van der Waals surface area contributed by atoms with Gasteiger partial charge in [-0.3, -0.25) is 4.79 Å². The van der Waals surface area contributed by atoms with Crippen molar-refractivity contribution in [1.29, 1.82) is 0 Å². The quantitative estimate of drug-likeness (QED) is 0.714. The summed E-state index contributed by atoms with van der Waals surface area (Å²) in [6, 6.07) is 19.3. The molecule has 25 heavy (non-hydrogen) atoms. The molecule has 126 valence electrons. The molecule has 1 atom stereocenters. The van der Waals surface area contributed by atoms with Gasteiger partial charge < -0.3 is 10.6 Å². The van der Waals surface area contributed by atoms with Crippen LogP contribution in [0.5, 0.6) is 0 Å². The molecule has 0 bridgehead atoms. The van der Waals surface area contributed by atoms with Gasteiger partial charge in [-0.15, -0.1) is 0 Å². The van der Waals surface area contributed by atoms with E-state index in [2.05, 4.69) is 22.5 Å². The number of aromatic nitrogens is 1. The summed E-state index contributed by atoms with van der Waals surface area (Å²) in [7, 11) is 0. The summed E-state index contributed by atoms with van der Waals surface area (Å²) in [5.74, 6) is -0.784. The number of amides is 1. The van der Waals surface area contributed by atoms with Crippen molar-refractivity contribution in [3.05, 3.63) is 90.0 Å². The van der Waals surface area contributed by atoms with Gasteiger partial charge in [0.25, 0.3) is 5.91 Å². The maximum atomic E-state index is 13.2. The third kappa shape index (κ3) is 4.41. The summed E-state index contributed by atoms with van der Waals surface area (Å²) in [4.78, 5) is 16.3. The smallest absolute Gasteiger partial charge is 0.274 e. The molecule has 0 saturated heterocycles. The highest BCUT2D eigenvalue weighted by atomic mass is 19.1. The minimum Gasteiger partial charge on any atom is -0.377 e. The molecule has 3 aromatic rings. The SMILES string of the molecule is CC(Nc1ccc(C(=O)Nc2cccc(F)c2)nc1)c1ccccc1. The molecule has 4 nitrogen and oxygen atoms in total. The van der Waals surface area contributed by atoms with E-state index in [1.807, 2.05) is 30.3 Å². The second-order valence-electron chi connectivity index (χ2n) is 5.67. The zero-order valence-corrected chi connectivity index (χ0v) is 13.7. The fraction of sp³-hybridized carbons (Fsp3) is 0.100. The summed E-state index contributed by atoms with van der Waals surface area (Å²) in [6.45, 7) is 2.06. The van der Waals surface area contributed by atoms with E-state index < -0.39 is 5.82 Å². The van der Waals surface area contributed by atoms with Crippen LogP contribution in [0.2, 0.25) is 0 Å². The molecule has 5 heteroatoms. The van der Waals surface area contributed by atoms with Crippen LogP contribution in [-0.4, -0.2) is 10.9 Å². The monoisotopic (exact) mass is 335 g/mol. The van der Waals surface area contributed by atoms with E-state index in [-0.39, 0.29) is 17.6 Å². The first-order valence-corrected chi connectivity index (χ1v) is 7.96. The maximum absolute atomic E-state index is 13.2. The van der Waals surface area contributed by atoms with Gasteiger partial charge in [0.1, 0.15) is 11.5 Å². The summed E-state index contributed by atoms with van der Waals surface area (Å²) >= 11 is 0. The second kappa shape index (κ2) is 7.57. The molecule has 1 amide bonds. The van der Waals surface area contributed by atoms with Crippen molar-refractivity contribution >= 4 is 17.3 Å². The van der Waals surface area contributed by atoms with Crippen molar-refractivity contribution in [3.8, 4) is 0 Å². The Kier molecular flexibility index (Phi) is 5.04. The molecule has 0 aliphatic heterocycles. The van der Waals surface area contributed by atoms with Gasteiger partial charge in [0.2, 0.25) is 0 Å². The number of nitrogens with zero attached hydrogens (tertiary/aromatic N) is 1. The Morgan fingerprint density at radius 1 is 1.00 bits per heavy atom. The lowest BCUT2D eigenvalue weighted by molar-refractivity contribution is 0.102. The van der Waals surface area contributed by atoms with Crippen LogP contribution in [0.3, 0.4) is 0 Å². The first kappa shape index (κ1) is 16.6. The van der Waals surface area contributed by atoms with E-state index in [1.165, 1.54) is 18.2 Å². The highest BCUT2D eigenvalue weighted by Gasteiger charge is 2.09. The molecule has 1 heterocycles. The average Bonchev–Trinajstić information content (AvgIpc) is 2.63. The zero-order valence-electron chi connectivity index (χ0n) is 13.7. The minimum absolute atomic E-state index is 0.120. The van der Waals surface area contributed by atoms with Crippen molar-refractivity contribution < 1.29 is 9.18 Å². The molecule has 3 rings (SSSR count). The maximum Gasteiger partial charge on any atom is 0.274 e. The van der Waals surface area contributed by atoms with Crippen LogP contribution in [-0.2, 0) is 0 Å². The Balaban J connectivity index is 1.64. The van der Waals surface area contributed by atoms with Gasteiger partial charge in [0.15, 0.2) is 0 Å². The molecule has 1 unspecified atom stereocenters. The van der Waals surface area contributed by atoms with Crippen molar-refractivity contribution in [1.82, 2.24) is 4.98 Å². The standard InChI is InChI=1S/C20H18FN3O/c1-14(15-6-3-2-4-7-15)23-18-10-11-19(22-13-18)20(25)24-17-9-5-8-16(21)12-17/h2-14,23H,1H3,(H,24,25). The predicted molar refractivity (Wildman–Crippen MR) is 97.1 cm³/mol. The third-order valence-electron chi connectivity index (χ3n) is 3.76. The lowest BCUT2D eigenvalue weighted by atomic mass is 10.1. The number of carbonyl (C=O) groups is 1. The van der Waals surface area contributed by atoms with E-state index in [9.17, 15) is 9.18 Å². The number of halogens is 1. The Morgan fingerprint density at radius 3 is 2.48 bits per heavy atom. The number of nitrogens with one attached hydrogen (secondary N) is 2. The number of hydrogen-bond acceptors (Lipinski definition) is 3. The number of rotatable bonds is 5. The summed E-state index contributed by atoms with van der Waals surface area (Å²) in [5.41, 5.74) is 2.64. The minimum atomic E-state index is -0.403. The van der Waals surface area contributed by atoms with E-state index in [0.717, 1.165) is 11.3 Å². The highest BCUT2D eigenvalue weighted by molar-refractivity contribution is 6.02. The van der Waals surface area contributed by atoms with Crippen LogP contribution < -0.4 is 10.6 Å². The van der Waals surface area contributed by atoms with Crippen LogP contribution >= 0.6 is 0 Å². The van der Waals surface area contributed by atoms with Gasteiger partial charge in [-0.05, 0) is 42.8 Å². The summed E-state index contributed by atoms with van der Waals surface area (Å²) in [6.07, 6.45) is 1.61. The van der Waals surface area contributed by atoms with Crippen LogP contribution in [0.1, 0.15) is 29.0 Å². The zero-order chi connectivity index (χ0) is 17.6. The first-order valence-electron chi connectivity index (χ1n) is 7.96. The normalized spacial score (nSPS) is 11.6. The number of benzene rings is 2. The van der Waals surface area contributed by atoms with Gasteiger partial charge >= 0.3 is 0 Å². The molecule has 2 aromatic carbocycles. The van der Waals surface area contributed by atoms with Crippen LogP contribution in [0.25, 0.3) is 0 Å². The van der Waals surface area contributed by atoms with E-state index >= 15 is 0 Å². The van der Waals surface area contributed by atoms with Crippen molar-refractivity contribution in [2.24, 2.45) is 0 Å². The van der Waals surface area contributed by atoms with Gasteiger partial charge in [-0.1, -0.05) is 36.4 Å².